The van der Waals surface area contributed by atoms with E-state index in [2.05, 4.69) is 4.98 Å². The average Bonchev–Trinajstić information content (AvgIpc) is 2.12. The molecule has 0 aliphatic rings. The summed E-state index contributed by atoms with van der Waals surface area (Å²) in [7, 11) is 0. The predicted molar refractivity (Wildman–Crippen MR) is 51.8 cm³/mol. The Morgan fingerprint density at radius 3 is 2.33 bits per heavy atom. The van der Waals surface area contributed by atoms with E-state index in [0.29, 0.717) is 10.2 Å². The maximum absolute atomic E-state index is 5.91. The van der Waals surface area contributed by atoms with Gasteiger partial charge < -0.3 is 0 Å². The summed E-state index contributed by atoms with van der Waals surface area (Å²) in [5, 5.41) is 2.97. The lowest BCUT2D eigenvalue weighted by molar-refractivity contribution is 1.36. The van der Waals surface area contributed by atoms with E-state index in [0.717, 1.165) is 10.8 Å². The molecule has 0 aliphatic carbocycles. The van der Waals surface area contributed by atoms with Crippen LogP contribution in [0, 0.1) is 0 Å². The molecule has 12 heavy (non-hydrogen) atoms. The molecule has 0 radical (unpaired) electrons. The van der Waals surface area contributed by atoms with Crippen LogP contribution in [-0.4, -0.2) is 4.98 Å². The second kappa shape index (κ2) is 2.92. The Hall–Kier alpha value is -0.790. The third-order valence-electron chi connectivity index (χ3n) is 1.70. The Morgan fingerprint density at radius 2 is 1.67 bits per heavy atom. The molecule has 1 nitrogen and oxygen atoms in total. The van der Waals surface area contributed by atoms with Crippen LogP contribution in [0.1, 0.15) is 0 Å². The lowest BCUT2D eigenvalue weighted by Crippen LogP contribution is -1.79. The van der Waals surface area contributed by atoms with Crippen LogP contribution in [0.15, 0.2) is 30.5 Å². The van der Waals surface area contributed by atoms with Crippen LogP contribution in [0.2, 0.25) is 10.2 Å². The molecule has 0 saturated carbocycles. The van der Waals surface area contributed by atoms with Gasteiger partial charge in [-0.1, -0.05) is 47.5 Å². The molecule has 0 aliphatic heterocycles. The molecule has 0 N–H and O–H groups in total. The normalized spacial score (nSPS) is 10.5. The third-order valence-corrected chi connectivity index (χ3v) is 2.30. The molecule has 1 aromatic heterocycles. The number of fused-ring (bicyclic) bond motifs is 1. The van der Waals surface area contributed by atoms with Crippen LogP contribution in [-0.2, 0) is 0 Å². The molecule has 2 aromatic rings. The van der Waals surface area contributed by atoms with Gasteiger partial charge in [0.1, 0.15) is 5.15 Å². The molecule has 2 rings (SSSR count). The molecule has 0 atom stereocenters. The average molecular weight is 198 g/mol. The van der Waals surface area contributed by atoms with Gasteiger partial charge in [0.15, 0.2) is 0 Å². The van der Waals surface area contributed by atoms with Gasteiger partial charge in [-0.3, -0.25) is 0 Å². The topological polar surface area (TPSA) is 12.9 Å². The maximum Gasteiger partial charge on any atom is 0.136 e. The second-order valence-corrected chi connectivity index (χ2v) is 3.21. The fraction of sp³-hybridized carbons (Fsp3) is 0. The van der Waals surface area contributed by atoms with E-state index in [4.69, 9.17) is 23.2 Å². The predicted octanol–water partition coefficient (Wildman–Crippen LogP) is 3.54. The van der Waals surface area contributed by atoms with Crippen molar-refractivity contribution in [1.29, 1.82) is 0 Å². The highest BCUT2D eigenvalue weighted by molar-refractivity contribution is 6.39. The standard InChI is InChI=1S/C9H5Cl2N/c10-8-5-12-9(11)7-4-2-1-3-6(7)8/h1-5H. The van der Waals surface area contributed by atoms with Crippen molar-refractivity contribution in [2.45, 2.75) is 0 Å². The van der Waals surface area contributed by atoms with Gasteiger partial charge in [-0.25, -0.2) is 4.98 Å². The second-order valence-electron chi connectivity index (χ2n) is 2.44. The minimum Gasteiger partial charge on any atom is -0.242 e. The zero-order valence-corrected chi connectivity index (χ0v) is 7.60. The summed E-state index contributed by atoms with van der Waals surface area (Å²) in [4.78, 5) is 3.94. The first-order valence-electron chi connectivity index (χ1n) is 3.48. The third kappa shape index (κ3) is 1.15. The fourth-order valence-corrected chi connectivity index (χ4v) is 1.55. The molecular weight excluding hydrogens is 193 g/mol. The monoisotopic (exact) mass is 197 g/mol. The fourth-order valence-electron chi connectivity index (χ4n) is 1.12. The molecule has 0 amide bonds. The van der Waals surface area contributed by atoms with Gasteiger partial charge in [0.25, 0.3) is 0 Å². The van der Waals surface area contributed by atoms with Gasteiger partial charge in [0, 0.05) is 17.0 Å². The summed E-state index contributed by atoms with van der Waals surface area (Å²) in [6.45, 7) is 0. The van der Waals surface area contributed by atoms with E-state index in [1.165, 1.54) is 0 Å². The smallest absolute Gasteiger partial charge is 0.136 e. The van der Waals surface area contributed by atoms with E-state index < -0.39 is 0 Å². The number of halogens is 2. The number of nitrogens with zero attached hydrogens (tertiary/aromatic N) is 1. The molecule has 3 heteroatoms. The van der Waals surface area contributed by atoms with E-state index >= 15 is 0 Å². The Balaban J connectivity index is 2.95. The lowest BCUT2D eigenvalue weighted by atomic mass is 10.2. The number of benzene rings is 1. The minimum absolute atomic E-state index is 0.495. The molecular formula is C9H5Cl2N. The van der Waals surface area contributed by atoms with E-state index in [1.807, 2.05) is 24.3 Å². The zero-order chi connectivity index (χ0) is 8.55. The number of rotatable bonds is 0. The summed E-state index contributed by atoms with van der Waals surface area (Å²) in [6.07, 6.45) is 1.56. The van der Waals surface area contributed by atoms with Crippen molar-refractivity contribution in [2.24, 2.45) is 0 Å². The maximum atomic E-state index is 5.91. The summed E-state index contributed by atoms with van der Waals surface area (Å²) < 4.78 is 0. The van der Waals surface area contributed by atoms with Gasteiger partial charge in [0.2, 0.25) is 0 Å². The molecule has 1 aromatic carbocycles. The first-order valence-corrected chi connectivity index (χ1v) is 4.23. The highest BCUT2D eigenvalue weighted by Crippen LogP contribution is 2.26. The van der Waals surface area contributed by atoms with Crippen LogP contribution >= 0.6 is 23.2 Å². The molecule has 0 unspecified atom stereocenters. The molecule has 60 valence electrons. The number of hydrogen-bond acceptors (Lipinski definition) is 1. The summed E-state index contributed by atoms with van der Waals surface area (Å²) in [5.74, 6) is 0. The van der Waals surface area contributed by atoms with Crippen molar-refractivity contribution < 1.29 is 0 Å². The van der Waals surface area contributed by atoms with Gasteiger partial charge in [-0.05, 0) is 0 Å². The number of aromatic nitrogens is 1. The van der Waals surface area contributed by atoms with Crippen molar-refractivity contribution in [3.63, 3.8) is 0 Å². The Bertz CT molecular complexity index is 385. The highest BCUT2D eigenvalue weighted by Gasteiger charge is 2.01. The minimum atomic E-state index is 0.495. The van der Waals surface area contributed by atoms with Crippen molar-refractivity contribution in [3.8, 4) is 0 Å². The first-order chi connectivity index (χ1) is 5.79. The van der Waals surface area contributed by atoms with Crippen molar-refractivity contribution in [1.82, 2.24) is 4.98 Å². The lowest BCUT2D eigenvalue weighted by Gasteiger charge is -1.99. The summed E-state index contributed by atoms with van der Waals surface area (Å²) in [6, 6.07) is 7.65. The van der Waals surface area contributed by atoms with Crippen LogP contribution in [0.3, 0.4) is 0 Å². The van der Waals surface area contributed by atoms with Crippen molar-refractivity contribution in [3.05, 3.63) is 40.6 Å². The van der Waals surface area contributed by atoms with Crippen LogP contribution in [0.4, 0.5) is 0 Å². The summed E-state index contributed by atoms with van der Waals surface area (Å²) >= 11 is 11.8. The quantitative estimate of drug-likeness (QED) is 0.590. The molecule has 0 bridgehead atoms. The van der Waals surface area contributed by atoms with Crippen LogP contribution < -0.4 is 0 Å². The van der Waals surface area contributed by atoms with Crippen molar-refractivity contribution in [2.75, 3.05) is 0 Å². The van der Waals surface area contributed by atoms with Crippen molar-refractivity contribution >= 4 is 34.0 Å². The van der Waals surface area contributed by atoms with Gasteiger partial charge in [-0.2, -0.15) is 0 Å². The van der Waals surface area contributed by atoms with Crippen LogP contribution in [0.25, 0.3) is 10.8 Å². The van der Waals surface area contributed by atoms with Gasteiger partial charge in [0.05, 0.1) is 5.02 Å². The van der Waals surface area contributed by atoms with E-state index in [9.17, 15) is 0 Å². The van der Waals surface area contributed by atoms with Gasteiger partial charge in [-0.15, -0.1) is 0 Å². The molecule has 0 fully saturated rings. The molecule has 1 heterocycles. The highest BCUT2D eigenvalue weighted by atomic mass is 35.5. The zero-order valence-electron chi connectivity index (χ0n) is 6.09. The molecule has 0 saturated heterocycles. The Morgan fingerprint density at radius 1 is 1.00 bits per heavy atom. The van der Waals surface area contributed by atoms with E-state index in [-0.39, 0.29) is 0 Å². The van der Waals surface area contributed by atoms with Gasteiger partial charge >= 0.3 is 0 Å². The van der Waals surface area contributed by atoms with Crippen LogP contribution in [0.5, 0.6) is 0 Å². The Labute approximate surface area is 79.9 Å². The Kier molecular flexibility index (Phi) is 1.91. The number of hydrogen-bond donors (Lipinski definition) is 0. The first kappa shape index (κ1) is 7.84. The van der Waals surface area contributed by atoms with E-state index in [1.54, 1.807) is 6.20 Å². The molecule has 0 spiro atoms. The SMILES string of the molecule is Clc1cnc(Cl)c2ccccc12. The number of pyridine rings is 1. The largest absolute Gasteiger partial charge is 0.242 e. The summed E-state index contributed by atoms with van der Waals surface area (Å²) in [5.41, 5.74) is 0.